The van der Waals surface area contributed by atoms with Gasteiger partial charge in [0, 0.05) is 0 Å². The van der Waals surface area contributed by atoms with Gasteiger partial charge < -0.3 is 15.2 Å². The molecule has 7 heteroatoms. The maximum atomic E-state index is 9.95. The van der Waals surface area contributed by atoms with E-state index in [9.17, 15) is 4.89 Å². The molecule has 0 radical (unpaired) electrons. The average molecular weight is 566 g/mol. The molecule has 1 rings (SSSR count). The smallest absolute Gasteiger partial charge is 0.330 e. The minimum absolute atomic E-state index is 0.0730. The molecular formula is C30H64NO4PS. The van der Waals surface area contributed by atoms with Crippen LogP contribution in [0.3, 0.4) is 0 Å². The van der Waals surface area contributed by atoms with Crippen LogP contribution in [0.1, 0.15) is 174 Å². The Kier molecular flexibility index (Phi) is 29.8. The Morgan fingerprint density at radius 3 is 1.43 bits per heavy atom. The fourth-order valence-electron chi connectivity index (χ4n) is 4.70. The van der Waals surface area contributed by atoms with E-state index in [1.165, 1.54) is 122 Å². The summed E-state index contributed by atoms with van der Waals surface area (Å²) in [6.45, 7) is 2.62. The summed E-state index contributed by atoms with van der Waals surface area (Å²) in [7, 11) is 0. The second kappa shape index (κ2) is 29.4. The van der Waals surface area contributed by atoms with Crippen molar-refractivity contribution in [3.05, 3.63) is 0 Å². The second-order valence-electron chi connectivity index (χ2n) is 10.9. The van der Waals surface area contributed by atoms with Gasteiger partial charge in [-0.3, -0.25) is 0 Å². The average Bonchev–Trinajstić information content (AvgIpc) is 3.42. The molecule has 3 N–H and O–H groups in total. The van der Waals surface area contributed by atoms with Crippen molar-refractivity contribution in [2.75, 3.05) is 13.2 Å². The third kappa shape index (κ3) is 29.3. The number of nitrogens with two attached hydrogens (primary N) is 1. The Morgan fingerprint density at radius 2 is 1.03 bits per heavy atom. The summed E-state index contributed by atoms with van der Waals surface area (Å²) in [6, 6.07) is 0. The van der Waals surface area contributed by atoms with Gasteiger partial charge in [-0.1, -0.05) is 149 Å². The van der Waals surface area contributed by atoms with Crippen molar-refractivity contribution in [2.45, 2.75) is 180 Å². The fourth-order valence-corrected chi connectivity index (χ4v) is 5.66. The highest BCUT2D eigenvalue weighted by molar-refractivity contribution is 8.07. The minimum atomic E-state index is -3.22. The van der Waals surface area contributed by atoms with Crippen molar-refractivity contribution < 1.29 is 19.0 Å². The van der Waals surface area contributed by atoms with E-state index in [4.69, 9.17) is 31.6 Å². The molecule has 0 aromatic heterocycles. The zero-order valence-corrected chi connectivity index (χ0v) is 26.5. The fraction of sp³-hybridized carbons (Fsp3) is 1.00. The SMILES string of the molecule is CCCCCCCCCCCCCCCCCOP(O)(=S)OOC1CCCC1.CCCCCCCCN. The van der Waals surface area contributed by atoms with E-state index in [0.29, 0.717) is 6.61 Å². The number of hydrogen-bond acceptors (Lipinski definition) is 5. The molecule has 0 spiro atoms. The van der Waals surface area contributed by atoms with E-state index in [0.717, 1.165) is 45.1 Å². The first-order chi connectivity index (χ1) is 18.1. The Bertz CT molecular complexity index is 486. The molecule has 1 saturated carbocycles. The summed E-state index contributed by atoms with van der Waals surface area (Å²) in [5.41, 5.74) is 5.34. The lowest BCUT2D eigenvalue weighted by molar-refractivity contribution is -0.250. The largest absolute Gasteiger partial charge is 0.353 e. The number of unbranched alkanes of at least 4 members (excludes halogenated alkanes) is 19. The number of rotatable bonds is 26. The Morgan fingerprint density at radius 1 is 0.649 bits per heavy atom. The van der Waals surface area contributed by atoms with Gasteiger partial charge in [0.05, 0.1) is 12.7 Å². The van der Waals surface area contributed by atoms with Gasteiger partial charge in [0.25, 0.3) is 0 Å². The third-order valence-electron chi connectivity index (χ3n) is 7.14. The van der Waals surface area contributed by atoms with E-state index in [-0.39, 0.29) is 6.10 Å². The standard InChI is InChI=1S/C22H45O4PS.C8H19N/c1-2-3-4-5-6-7-8-9-10-11-12-13-14-15-18-21-24-27(23,28)26-25-22-19-16-17-20-22;1-2-3-4-5-6-7-8-9/h22H,2-21H2,1H3,(H,23,28);2-9H2,1H3. The molecule has 0 aromatic rings. The maximum absolute atomic E-state index is 9.95. The number of hydrogen-bond donors (Lipinski definition) is 2. The van der Waals surface area contributed by atoms with Crippen LogP contribution >= 0.6 is 6.72 Å². The van der Waals surface area contributed by atoms with Gasteiger partial charge in [0.2, 0.25) is 0 Å². The van der Waals surface area contributed by atoms with Gasteiger partial charge in [-0.05, 0) is 44.0 Å². The predicted octanol–water partition coefficient (Wildman–Crippen LogP) is 10.3. The summed E-state index contributed by atoms with van der Waals surface area (Å²) in [5, 5.41) is 0. The first-order valence-electron chi connectivity index (χ1n) is 16.1. The van der Waals surface area contributed by atoms with Gasteiger partial charge in [-0.2, -0.15) is 0 Å². The highest BCUT2D eigenvalue weighted by Crippen LogP contribution is 2.45. The summed E-state index contributed by atoms with van der Waals surface area (Å²) < 4.78 is 10.3. The Balaban J connectivity index is 0.00000122. The zero-order valence-electron chi connectivity index (χ0n) is 24.8. The normalized spacial score (nSPS) is 15.5. The minimum Gasteiger partial charge on any atom is -0.330 e. The third-order valence-corrected chi connectivity index (χ3v) is 8.42. The molecule has 1 aliphatic carbocycles. The van der Waals surface area contributed by atoms with Gasteiger partial charge in [0.1, 0.15) is 0 Å². The first kappa shape index (κ1) is 37.5. The monoisotopic (exact) mass is 565 g/mol. The molecule has 0 amide bonds. The molecule has 5 nitrogen and oxygen atoms in total. The van der Waals surface area contributed by atoms with Crippen molar-refractivity contribution in [3.63, 3.8) is 0 Å². The van der Waals surface area contributed by atoms with Crippen molar-refractivity contribution >= 4 is 18.5 Å². The predicted molar refractivity (Wildman–Crippen MR) is 164 cm³/mol. The first-order valence-corrected chi connectivity index (χ1v) is 18.7. The molecule has 0 saturated heterocycles. The Labute approximate surface area is 236 Å². The topological polar surface area (TPSA) is 73.9 Å². The van der Waals surface area contributed by atoms with E-state index in [1.54, 1.807) is 0 Å². The van der Waals surface area contributed by atoms with Gasteiger partial charge in [-0.15, -0.1) is 4.67 Å². The maximum Gasteiger partial charge on any atom is 0.353 e. The van der Waals surface area contributed by atoms with Crippen LogP contribution in [0.5, 0.6) is 0 Å². The van der Waals surface area contributed by atoms with Gasteiger partial charge >= 0.3 is 6.72 Å². The molecule has 0 aliphatic heterocycles. The molecule has 0 bridgehead atoms. The summed E-state index contributed by atoms with van der Waals surface area (Å²) in [4.78, 5) is 15.2. The second-order valence-corrected chi connectivity index (χ2v) is 13.6. The van der Waals surface area contributed by atoms with Crippen LogP contribution in [-0.2, 0) is 25.9 Å². The van der Waals surface area contributed by atoms with Crippen LogP contribution < -0.4 is 5.73 Å². The molecule has 0 aromatic carbocycles. The highest BCUT2D eigenvalue weighted by Gasteiger charge is 2.22. The molecule has 0 heterocycles. The lowest BCUT2D eigenvalue weighted by Gasteiger charge is -2.17. The quantitative estimate of drug-likeness (QED) is 0.0470. The molecule has 1 aliphatic rings. The molecule has 1 atom stereocenters. The van der Waals surface area contributed by atoms with E-state index in [1.807, 2.05) is 0 Å². The molecule has 37 heavy (non-hydrogen) atoms. The van der Waals surface area contributed by atoms with E-state index < -0.39 is 6.72 Å². The van der Waals surface area contributed by atoms with E-state index in [2.05, 4.69) is 13.8 Å². The molecule has 224 valence electrons. The van der Waals surface area contributed by atoms with Crippen molar-refractivity contribution in [1.82, 2.24) is 0 Å². The van der Waals surface area contributed by atoms with Crippen LogP contribution in [0.25, 0.3) is 0 Å². The lowest BCUT2D eigenvalue weighted by Crippen LogP contribution is -2.08. The van der Waals surface area contributed by atoms with Crippen molar-refractivity contribution in [2.24, 2.45) is 5.73 Å². The highest BCUT2D eigenvalue weighted by atomic mass is 32.5. The molecular weight excluding hydrogens is 501 g/mol. The van der Waals surface area contributed by atoms with Crippen LogP contribution in [0.15, 0.2) is 0 Å². The summed E-state index contributed by atoms with van der Waals surface area (Å²) >= 11 is 4.98. The zero-order chi connectivity index (χ0) is 27.3. The van der Waals surface area contributed by atoms with Crippen molar-refractivity contribution in [3.8, 4) is 0 Å². The van der Waals surface area contributed by atoms with Crippen molar-refractivity contribution in [1.29, 1.82) is 0 Å². The van der Waals surface area contributed by atoms with Crippen LogP contribution in [0.2, 0.25) is 0 Å². The van der Waals surface area contributed by atoms with Crippen LogP contribution in [0.4, 0.5) is 0 Å². The van der Waals surface area contributed by atoms with E-state index >= 15 is 0 Å². The molecule has 1 unspecified atom stereocenters. The van der Waals surface area contributed by atoms with Gasteiger partial charge in [0.15, 0.2) is 0 Å². The summed E-state index contributed by atoms with van der Waals surface area (Å²) in [6.07, 6.45) is 32.4. The van der Waals surface area contributed by atoms with Gasteiger partial charge in [-0.25, -0.2) is 4.89 Å². The summed E-state index contributed by atoms with van der Waals surface area (Å²) in [5.74, 6) is 0. The molecule has 1 fully saturated rings. The lowest BCUT2D eigenvalue weighted by atomic mass is 10.0. The van der Waals surface area contributed by atoms with Crippen LogP contribution in [-0.4, -0.2) is 24.1 Å². The van der Waals surface area contributed by atoms with Crippen LogP contribution in [0, 0.1) is 0 Å². The Hall–Kier alpha value is 0.450.